The Bertz CT molecular complexity index is 298. The van der Waals surface area contributed by atoms with Crippen LogP contribution in [0.1, 0.15) is 32.1 Å². The lowest BCUT2D eigenvalue weighted by Gasteiger charge is -2.34. The van der Waals surface area contributed by atoms with Crippen LogP contribution in [0.5, 0.6) is 0 Å². The Labute approximate surface area is 96.3 Å². The molecule has 0 amide bonds. The highest BCUT2D eigenvalue weighted by molar-refractivity contribution is 5.37. The van der Waals surface area contributed by atoms with Crippen molar-refractivity contribution in [3.05, 3.63) is 18.3 Å². The van der Waals surface area contributed by atoms with E-state index in [1.54, 1.807) is 6.20 Å². The molecule has 0 unspecified atom stereocenters. The van der Waals surface area contributed by atoms with Crippen LogP contribution in [0.25, 0.3) is 0 Å². The molecule has 1 heterocycles. The lowest BCUT2D eigenvalue weighted by molar-refractivity contribution is 0.289. The number of aliphatic hydroxyl groups excluding tert-OH is 1. The summed E-state index contributed by atoms with van der Waals surface area (Å²) in [6.45, 7) is 0.830. The van der Waals surface area contributed by atoms with E-state index in [-0.39, 0.29) is 6.61 Å². The number of hydrogen-bond donors (Lipinski definition) is 1. The van der Waals surface area contributed by atoms with Crippen LogP contribution in [0, 0.1) is 0 Å². The third kappa shape index (κ3) is 2.70. The van der Waals surface area contributed by atoms with Crippen LogP contribution in [0.3, 0.4) is 0 Å². The van der Waals surface area contributed by atoms with E-state index >= 15 is 0 Å². The Hall–Kier alpha value is -1.16. The summed E-state index contributed by atoms with van der Waals surface area (Å²) < 4.78 is 0. The molecule has 1 N–H and O–H groups in total. The summed E-state index contributed by atoms with van der Waals surface area (Å²) in [5, 5.41) is 17.2. The second-order valence-electron chi connectivity index (χ2n) is 4.29. The van der Waals surface area contributed by atoms with E-state index in [2.05, 4.69) is 15.1 Å². The highest BCUT2D eigenvalue weighted by atomic mass is 16.3. The Morgan fingerprint density at radius 1 is 1.31 bits per heavy atom. The first kappa shape index (κ1) is 11.3. The van der Waals surface area contributed by atoms with Crippen molar-refractivity contribution >= 4 is 5.82 Å². The summed E-state index contributed by atoms with van der Waals surface area (Å²) in [7, 11) is 0. The van der Waals surface area contributed by atoms with Crippen LogP contribution in [-0.4, -0.2) is 34.5 Å². The highest BCUT2D eigenvalue weighted by Crippen LogP contribution is 2.25. The first-order valence-electron chi connectivity index (χ1n) is 6.07. The summed E-state index contributed by atoms with van der Waals surface area (Å²) in [5.41, 5.74) is 0. The third-order valence-electron chi connectivity index (χ3n) is 3.21. The van der Waals surface area contributed by atoms with Crippen molar-refractivity contribution in [1.29, 1.82) is 0 Å². The summed E-state index contributed by atoms with van der Waals surface area (Å²) in [6.07, 6.45) is 8.00. The van der Waals surface area contributed by atoms with Crippen molar-refractivity contribution < 1.29 is 5.11 Å². The van der Waals surface area contributed by atoms with Gasteiger partial charge in [0.25, 0.3) is 0 Å². The molecule has 0 atom stereocenters. The topological polar surface area (TPSA) is 49.2 Å². The van der Waals surface area contributed by atoms with Gasteiger partial charge in [0, 0.05) is 18.8 Å². The molecule has 88 valence electrons. The molecule has 16 heavy (non-hydrogen) atoms. The minimum Gasteiger partial charge on any atom is -0.395 e. The number of anilines is 1. The lowest BCUT2D eigenvalue weighted by atomic mass is 9.94. The Morgan fingerprint density at radius 3 is 2.75 bits per heavy atom. The van der Waals surface area contributed by atoms with Crippen LogP contribution >= 0.6 is 0 Å². The molecule has 1 aliphatic carbocycles. The minimum atomic E-state index is 0.174. The molecule has 4 heteroatoms. The molecule has 0 saturated heterocycles. The normalized spacial score (nSPS) is 17.3. The second-order valence-corrected chi connectivity index (χ2v) is 4.29. The van der Waals surface area contributed by atoms with Gasteiger partial charge < -0.3 is 10.0 Å². The fourth-order valence-corrected chi connectivity index (χ4v) is 2.43. The number of rotatable bonds is 4. The number of aromatic nitrogens is 2. The van der Waals surface area contributed by atoms with E-state index in [1.165, 1.54) is 32.1 Å². The van der Waals surface area contributed by atoms with Crippen LogP contribution in [-0.2, 0) is 0 Å². The van der Waals surface area contributed by atoms with Gasteiger partial charge in [0.15, 0.2) is 5.82 Å². The van der Waals surface area contributed by atoms with Crippen molar-refractivity contribution in [2.75, 3.05) is 18.1 Å². The molecular formula is C12H19N3O. The predicted molar refractivity (Wildman–Crippen MR) is 63.3 cm³/mol. The van der Waals surface area contributed by atoms with Crippen molar-refractivity contribution in [2.45, 2.75) is 38.1 Å². The standard InChI is InChI=1S/C12H19N3O/c16-10-9-15(11-5-2-1-3-6-11)12-7-4-8-13-14-12/h4,7-8,11,16H,1-3,5-6,9-10H2. The van der Waals surface area contributed by atoms with E-state index in [0.717, 1.165) is 5.82 Å². The van der Waals surface area contributed by atoms with Crippen LogP contribution in [0.4, 0.5) is 5.82 Å². The molecule has 0 radical (unpaired) electrons. The first-order chi connectivity index (χ1) is 7.92. The molecule has 0 spiro atoms. The van der Waals surface area contributed by atoms with Crippen LogP contribution < -0.4 is 4.90 Å². The monoisotopic (exact) mass is 221 g/mol. The van der Waals surface area contributed by atoms with Gasteiger partial charge in [-0.15, -0.1) is 5.10 Å². The van der Waals surface area contributed by atoms with Gasteiger partial charge in [-0.25, -0.2) is 0 Å². The SMILES string of the molecule is OCCN(c1cccnn1)C1CCCCC1. The Morgan fingerprint density at radius 2 is 2.12 bits per heavy atom. The zero-order chi connectivity index (χ0) is 11.2. The summed E-state index contributed by atoms with van der Waals surface area (Å²) in [4.78, 5) is 2.20. The van der Waals surface area contributed by atoms with Gasteiger partial charge in [0.2, 0.25) is 0 Å². The van der Waals surface area contributed by atoms with E-state index in [0.29, 0.717) is 12.6 Å². The van der Waals surface area contributed by atoms with E-state index < -0.39 is 0 Å². The van der Waals surface area contributed by atoms with Crippen molar-refractivity contribution in [1.82, 2.24) is 10.2 Å². The van der Waals surface area contributed by atoms with Gasteiger partial charge in [-0.2, -0.15) is 5.10 Å². The number of aliphatic hydroxyl groups is 1. The van der Waals surface area contributed by atoms with Gasteiger partial charge in [0.1, 0.15) is 0 Å². The first-order valence-corrected chi connectivity index (χ1v) is 6.07. The quantitative estimate of drug-likeness (QED) is 0.839. The predicted octanol–water partition coefficient (Wildman–Crippen LogP) is 1.61. The smallest absolute Gasteiger partial charge is 0.151 e. The largest absolute Gasteiger partial charge is 0.395 e. The average molecular weight is 221 g/mol. The zero-order valence-electron chi connectivity index (χ0n) is 9.55. The fraction of sp³-hybridized carbons (Fsp3) is 0.667. The molecule has 2 rings (SSSR count). The van der Waals surface area contributed by atoms with Crippen molar-refractivity contribution in [3.63, 3.8) is 0 Å². The number of nitrogens with zero attached hydrogens (tertiary/aromatic N) is 3. The van der Waals surface area contributed by atoms with Crippen LogP contribution in [0.15, 0.2) is 18.3 Å². The molecule has 0 aromatic carbocycles. The van der Waals surface area contributed by atoms with Crippen molar-refractivity contribution in [2.24, 2.45) is 0 Å². The molecule has 1 aliphatic rings. The minimum absolute atomic E-state index is 0.174. The fourth-order valence-electron chi connectivity index (χ4n) is 2.43. The van der Waals surface area contributed by atoms with Gasteiger partial charge >= 0.3 is 0 Å². The van der Waals surface area contributed by atoms with Gasteiger partial charge in [-0.3, -0.25) is 0 Å². The second kappa shape index (κ2) is 5.80. The van der Waals surface area contributed by atoms with Gasteiger partial charge in [-0.05, 0) is 25.0 Å². The number of hydrogen-bond acceptors (Lipinski definition) is 4. The highest BCUT2D eigenvalue weighted by Gasteiger charge is 2.21. The summed E-state index contributed by atoms with van der Waals surface area (Å²) in [5.74, 6) is 0.892. The molecule has 1 aromatic heterocycles. The maximum atomic E-state index is 9.14. The zero-order valence-corrected chi connectivity index (χ0v) is 9.55. The van der Waals surface area contributed by atoms with Gasteiger partial charge in [-0.1, -0.05) is 19.3 Å². The van der Waals surface area contributed by atoms with E-state index in [9.17, 15) is 0 Å². The van der Waals surface area contributed by atoms with E-state index in [4.69, 9.17) is 5.11 Å². The Kier molecular flexibility index (Phi) is 4.10. The van der Waals surface area contributed by atoms with Crippen molar-refractivity contribution in [3.8, 4) is 0 Å². The molecule has 0 bridgehead atoms. The molecule has 0 aliphatic heterocycles. The lowest BCUT2D eigenvalue weighted by Crippen LogP contribution is -2.39. The maximum absolute atomic E-state index is 9.14. The van der Waals surface area contributed by atoms with Gasteiger partial charge in [0.05, 0.1) is 6.61 Å². The average Bonchev–Trinajstić information content (AvgIpc) is 2.38. The van der Waals surface area contributed by atoms with Crippen LogP contribution in [0.2, 0.25) is 0 Å². The molecule has 1 aromatic rings. The third-order valence-corrected chi connectivity index (χ3v) is 3.21. The summed E-state index contributed by atoms with van der Waals surface area (Å²) >= 11 is 0. The maximum Gasteiger partial charge on any atom is 0.151 e. The van der Waals surface area contributed by atoms with E-state index in [1.807, 2.05) is 12.1 Å². The molecule has 1 fully saturated rings. The molecule has 4 nitrogen and oxygen atoms in total. The Balaban J connectivity index is 2.09. The summed E-state index contributed by atoms with van der Waals surface area (Å²) in [6, 6.07) is 4.39. The molecule has 1 saturated carbocycles. The molecular weight excluding hydrogens is 202 g/mol.